The van der Waals surface area contributed by atoms with E-state index in [0.717, 1.165) is 22.3 Å². The zero-order chi connectivity index (χ0) is 18.6. The topological polar surface area (TPSA) is 38.3 Å². The van der Waals surface area contributed by atoms with E-state index in [0.29, 0.717) is 0 Å². The molecule has 0 bridgehead atoms. The van der Waals surface area contributed by atoms with E-state index in [1.165, 1.54) is 5.56 Å². The van der Waals surface area contributed by atoms with Crippen molar-refractivity contribution in [3.8, 4) is 11.8 Å². The van der Waals surface area contributed by atoms with Gasteiger partial charge in [-0.2, -0.15) is 0 Å². The van der Waals surface area contributed by atoms with E-state index in [-0.39, 0.29) is 12.1 Å². The molecule has 1 heterocycles. The van der Waals surface area contributed by atoms with E-state index in [1.54, 1.807) is 0 Å². The highest BCUT2D eigenvalue weighted by Crippen LogP contribution is 2.36. The van der Waals surface area contributed by atoms with Gasteiger partial charge in [0.2, 0.25) is 0 Å². The van der Waals surface area contributed by atoms with Gasteiger partial charge in [0.1, 0.15) is 0 Å². The van der Waals surface area contributed by atoms with Gasteiger partial charge in [-0.25, -0.2) is 4.79 Å². The van der Waals surface area contributed by atoms with Gasteiger partial charge in [-0.3, -0.25) is 0 Å². The molecule has 3 aromatic rings. The lowest BCUT2D eigenvalue weighted by Gasteiger charge is -2.18. The zero-order valence-corrected chi connectivity index (χ0v) is 15.0. The number of hydrogen-bond donors (Lipinski definition) is 1. The lowest BCUT2D eigenvalue weighted by atomic mass is 9.95. The van der Waals surface area contributed by atoms with Crippen molar-refractivity contribution in [1.29, 1.82) is 0 Å². The zero-order valence-electron chi connectivity index (χ0n) is 15.0. The van der Waals surface area contributed by atoms with Crippen LogP contribution in [-0.2, 0) is 4.74 Å². The molecule has 0 spiro atoms. The van der Waals surface area contributed by atoms with E-state index >= 15 is 0 Å². The van der Waals surface area contributed by atoms with Gasteiger partial charge < -0.3 is 10.1 Å². The molecule has 1 saturated heterocycles. The maximum Gasteiger partial charge on any atom is 0.408 e. The Balaban J connectivity index is 1.63. The van der Waals surface area contributed by atoms with Crippen molar-refractivity contribution in [2.75, 3.05) is 0 Å². The van der Waals surface area contributed by atoms with Gasteiger partial charge in [0.15, 0.2) is 6.10 Å². The number of aryl methyl sites for hydroxylation is 1. The molecule has 4 rings (SSSR count). The van der Waals surface area contributed by atoms with Crippen LogP contribution in [0.1, 0.15) is 40.0 Å². The number of hydrogen-bond acceptors (Lipinski definition) is 2. The van der Waals surface area contributed by atoms with E-state index in [1.807, 2.05) is 85.8 Å². The summed E-state index contributed by atoms with van der Waals surface area (Å²) in [5, 5.41) is 2.93. The molecule has 1 aliphatic rings. The van der Waals surface area contributed by atoms with Crippen molar-refractivity contribution in [3.05, 3.63) is 107 Å². The maximum absolute atomic E-state index is 11.9. The Labute approximate surface area is 159 Å². The van der Waals surface area contributed by atoms with Crippen molar-refractivity contribution in [2.24, 2.45) is 0 Å². The molecule has 132 valence electrons. The summed E-state index contributed by atoms with van der Waals surface area (Å²) in [6.45, 7) is 2.04. The van der Waals surface area contributed by atoms with Crippen molar-refractivity contribution < 1.29 is 9.53 Å². The van der Waals surface area contributed by atoms with Crippen LogP contribution < -0.4 is 5.32 Å². The molecule has 3 nitrogen and oxygen atoms in total. The molecule has 0 radical (unpaired) electrons. The van der Waals surface area contributed by atoms with Crippen LogP contribution in [0.2, 0.25) is 0 Å². The summed E-state index contributed by atoms with van der Waals surface area (Å²) in [5.74, 6) is 6.36. The van der Waals surface area contributed by atoms with Crippen LogP contribution in [0, 0.1) is 18.8 Å². The monoisotopic (exact) mass is 353 g/mol. The van der Waals surface area contributed by atoms with Crippen LogP contribution >= 0.6 is 0 Å². The van der Waals surface area contributed by atoms with Crippen LogP contribution in [-0.4, -0.2) is 6.09 Å². The first-order valence-electron chi connectivity index (χ1n) is 8.90. The fraction of sp³-hybridized carbons (Fsp3) is 0.125. The van der Waals surface area contributed by atoms with Crippen LogP contribution in [0.15, 0.2) is 78.9 Å². The second kappa shape index (κ2) is 7.39. The molecule has 1 aliphatic heterocycles. The highest BCUT2D eigenvalue weighted by atomic mass is 16.6. The molecular weight excluding hydrogens is 334 g/mol. The molecule has 3 aromatic carbocycles. The van der Waals surface area contributed by atoms with Crippen molar-refractivity contribution in [2.45, 2.75) is 19.1 Å². The standard InChI is InChI=1S/C24H19NO2/c1-17-10-14-20(15-11-17)23-22(25-24(26)27-23)21-9-5-8-19(16-21)13-12-18-6-3-2-4-7-18/h2-11,14-16,22-23H,1H3,(H,25,26)/t22-,23-/m0/s1. The number of alkyl carbamates (subject to hydrolysis) is 1. The van der Waals surface area contributed by atoms with Gasteiger partial charge in [0.05, 0.1) is 6.04 Å². The Morgan fingerprint density at radius 2 is 1.52 bits per heavy atom. The van der Waals surface area contributed by atoms with E-state index < -0.39 is 6.09 Å². The minimum Gasteiger partial charge on any atom is -0.439 e. The quantitative estimate of drug-likeness (QED) is 0.664. The number of ether oxygens (including phenoxy) is 1. The molecule has 0 aromatic heterocycles. The number of amides is 1. The molecule has 0 unspecified atom stereocenters. The Kier molecular flexibility index (Phi) is 4.63. The summed E-state index contributed by atoms with van der Waals surface area (Å²) in [6, 6.07) is 25.6. The minimum atomic E-state index is -0.397. The predicted octanol–water partition coefficient (Wildman–Crippen LogP) is 4.92. The number of benzene rings is 3. The molecule has 2 atom stereocenters. The molecule has 1 amide bonds. The number of nitrogens with one attached hydrogen (secondary N) is 1. The van der Waals surface area contributed by atoms with Gasteiger partial charge >= 0.3 is 6.09 Å². The molecule has 27 heavy (non-hydrogen) atoms. The summed E-state index contributed by atoms with van der Waals surface area (Å²) in [7, 11) is 0. The van der Waals surface area contributed by atoms with Crippen LogP contribution in [0.3, 0.4) is 0 Å². The summed E-state index contributed by atoms with van der Waals surface area (Å²) in [5.41, 5.74) is 5.00. The molecule has 1 N–H and O–H groups in total. The minimum absolute atomic E-state index is 0.237. The third-order valence-electron chi connectivity index (χ3n) is 4.59. The van der Waals surface area contributed by atoms with Crippen LogP contribution in [0.25, 0.3) is 0 Å². The van der Waals surface area contributed by atoms with Crippen LogP contribution in [0.5, 0.6) is 0 Å². The molecule has 3 heteroatoms. The van der Waals surface area contributed by atoms with Gasteiger partial charge in [-0.05, 0) is 42.3 Å². The van der Waals surface area contributed by atoms with E-state index in [4.69, 9.17) is 4.74 Å². The van der Waals surface area contributed by atoms with Crippen LogP contribution in [0.4, 0.5) is 4.79 Å². The SMILES string of the molecule is Cc1ccc([C@@H]2OC(=O)N[C@H]2c2cccc(C#Cc3ccccc3)c2)cc1. The Morgan fingerprint density at radius 3 is 2.30 bits per heavy atom. The molecule has 0 aliphatic carbocycles. The maximum atomic E-state index is 11.9. The summed E-state index contributed by atoms with van der Waals surface area (Å²) >= 11 is 0. The Hall–Kier alpha value is -3.51. The second-order valence-corrected chi connectivity index (χ2v) is 6.60. The first-order chi connectivity index (χ1) is 13.2. The summed E-state index contributed by atoms with van der Waals surface area (Å²) in [6.07, 6.45) is -0.748. The summed E-state index contributed by atoms with van der Waals surface area (Å²) < 4.78 is 5.54. The van der Waals surface area contributed by atoms with Gasteiger partial charge in [0.25, 0.3) is 0 Å². The van der Waals surface area contributed by atoms with Crippen molar-refractivity contribution in [1.82, 2.24) is 5.32 Å². The van der Waals surface area contributed by atoms with Crippen molar-refractivity contribution in [3.63, 3.8) is 0 Å². The molecule has 1 fully saturated rings. The third-order valence-corrected chi connectivity index (χ3v) is 4.59. The van der Waals surface area contributed by atoms with E-state index in [2.05, 4.69) is 17.2 Å². The fourth-order valence-corrected chi connectivity index (χ4v) is 3.17. The number of cyclic esters (lactones) is 1. The smallest absolute Gasteiger partial charge is 0.408 e. The van der Waals surface area contributed by atoms with Gasteiger partial charge in [-0.15, -0.1) is 0 Å². The first-order valence-corrected chi connectivity index (χ1v) is 8.90. The average molecular weight is 353 g/mol. The van der Waals surface area contributed by atoms with Crippen molar-refractivity contribution >= 4 is 6.09 Å². The fourth-order valence-electron chi connectivity index (χ4n) is 3.17. The highest BCUT2D eigenvalue weighted by molar-refractivity contribution is 5.71. The van der Waals surface area contributed by atoms with Gasteiger partial charge in [0, 0.05) is 11.1 Å². The lowest BCUT2D eigenvalue weighted by molar-refractivity contribution is 0.132. The first kappa shape index (κ1) is 16.9. The number of rotatable bonds is 2. The highest BCUT2D eigenvalue weighted by Gasteiger charge is 2.36. The summed E-state index contributed by atoms with van der Waals surface area (Å²) in [4.78, 5) is 11.9. The number of carbonyl (C=O) groups excluding carboxylic acids is 1. The van der Waals surface area contributed by atoms with Gasteiger partial charge in [-0.1, -0.05) is 72.0 Å². The van der Waals surface area contributed by atoms with E-state index in [9.17, 15) is 4.79 Å². The normalized spacial score (nSPS) is 18.2. The second-order valence-electron chi connectivity index (χ2n) is 6.60. The Bertz CT molecular complexity index is 1010. The molecule has 0 saturated carbocycles. The average Bonchev–Trinajstić information content (AvgIpc) is 3.10. The third kappa shape index (κ3) is 3.86. The lowest BCUT2D eigenvalue weighted by Crippen LogP contribution is -2.19. The Morgan fingerprint density at radius 1 is 0.815 bits per heavy atom. The number of carbonyl (C=O) groups is 1. The largest absolute Gasteiger partial charge is 0.439 e. The predicted molar refractivity (Wildman–Crippen MR) is 105 cm³/mol. The molecular formula is C24H19NO2.